The molecule has 11 heteroatoms. The highest BCUT2D eigenvalue weighted by Gasteiger charge is 2.39. The molecule has 0 saturated heterocycles. The van der Waals surface area contributed by atoms with Crippen LogP contribution in [-0.4, -0.2) is 76.6 Å². The normalized spacial score (nSPS) is 20.3. The minimum atomic E-state index is -4.01. The van der Waals surface area contributed by atoms with Gasteiger partial charge in [0.25, 0.3) is 0 Å². The molecule has 0 aromatic heterocycles. The van der Waals surface area contributed by atoms with Gasteiger partial charge in [0, 0.05) is 43.6 Å². The molecule has 2 aromatic carbocycles. The fourth-order valence-electron chi connectivity index (χ4n) is 4.10. The first kappa shape index (κ1) is 29.9. The van der Waals surface area contributed by atoms with Crippen LogP contribution in [0.1, 0.15) is 39.2 Å². The average molecular weight is 565 g/mol. The predicted molar refractivity (Wildman–Crippen MR) is 145 cm³/mol. The number of methoxy groups -OCH3 is 1. The number of fused-ring (bicyclic) bond motifs is 1. The Morgan fingerprint density at radius 3 is 2.66 bits per heavy atom. The summed E-state index contributed by atoms with van der Waals surface area (Å²) in [5.41, 5.74) is 0.596. The van der Waals surface area contributed by atoms with Crippen molar-refractivity contribution in [2.45, 2.75) is 55.5 Å². The lowest BCUT2D eigenvalue weighted by Crippen LogP contribution is -2.50. The van der Waals surface area contributed by atoms with Crippen LogP contribution in [0.4, 0.5) is 0 Å². The Morgan fingerprint density at radius 2 is 2.00 bits per heavy atom. The van der Waals surface area contributed by atoms with Crippen molar-refractivity contribution in [3.8, 4) is 23.3 Å². The number of benzene rings is 2. The molecule has 0 fully saturated rings. The van der Waals surface area contributed by atoms with Crippen molar-refractivity contribution in [2.75, 3.05) is 33.9 Å². The second-order valence-corrected chi connectivity index (χ2v) is 13.3. The quantitative estimate of drug-likeness (QED) is 0.491. The molecule has 3 atom stereocenters. The molecule has 3 rings (SSSR count). The van der Waals surface area contributed by atoms with E-state index in [9.17, 15) is 21.9 Å². The van der Waals surface area contributed by atoms with Gasteiger partial charge in [-0.15, -0.1) is 0 Å². The van der Waals surface area contributed by atoms with Crippen molar-refractivity contribution in [2.24, 2.45) is 5.92 Å². The molecule has 1 aliphatic rings. The second kappa shape index (κ2) is 12.5. The second-order valence-electron chi connectivity index (χ2n) is 9.42. The molecule has 1 N–H and O–H groups in total. The molecule has 38 heavy (non-hydrogen) atoms. The summed E-state index contributed by atoms with van der Waals surface area (Å²) in [5.74, 6) is 6.19. The molecule has 2 aromatic rings. The van der Waals surface area contributed by atoms with Gasteiger partial charge in [0.05, 0.1) is 25.2 Å². The van der Waals surface area contributed by atoms with Gasteiger partial charge in [0.15, 0.2) is 0 Å². The van der Waals surface area contributed by atoms with Crippen LogP contribution in [0, 0.1) is 17.8 Å². The highest BCUT2D eigenvalue weighted by molar-refractivity contribution is 7.89. The molecule has 0 aliphatic carbocycles. The zero-order valence-corrected chi connectivity index (χ0v) is 24.0. The van der Waals surface area contributed by atoms with E-state index in [1.165, 1.54) is 41.0 Å². The average Bonchev–Trinajstić information content (AvgIpc) is 2.90. The zero-order valence-electron chi connectivity index (χ0n) is 22.4. The van der Waals surface area contributed by atoms with Gasteiger partial charge >= 0.3 is 0 Å². The molecular weight excluding hydrogens is 528 g/mol. The summed E-state index contributed by atoms with van der Waals surface area (Å²) in [5, 5.41) is 9.81. The van der Waals surface area contributed by atoms with Crippen molar-refractivity contribution in [1.82, 2.24) is 8.61 Å². The molecule has 0 spiro atoms. The van der Waals surface area contributed by atoms with Gasteiger partial charge in [0.1, 0.15) is 22.5 Å². The lowest BCUT2D eigenvalue weighted by atomic mass is 10.0. The standard InChI is InChI=1S/C27H36N2O7S2/c1-6-7-8-10-22-13-14-27-25(15-22)36-26(20(2)17-29(21(3)19-30)38(27,33)34)18-28(4)37(31,32)24-12-9-11-23(16-24)35-5/h9,11-16,20-21,26,30H,6-7,17-19H2,1-5H3/t20-,21-,26-/m1/s1. The molecule has 0 bridgehead atoms. The van der Waals surface area contributed by atoms with E-state index in [2.05, 4.69) is 11.8 Å². The van der Waals surface area contributed by atoms with Gasteiger partial charge in [0.2, 0.25) is 20.0 Å². The number of aliphatic hydroxyl groups is 1. The number of unbranched alkanes of at least 4 members (excludes halogenated alkanes) is 1. The number of aliphatic hydroxyl groups excluding tert-OH is 1. The van der Waals surface area contributed by atoms with Crippen LogP contribution in [0.15, 0.2) is 52.3 Å². The Morgan fingerprint density at radius 1 is 1.26 bits per heavy atom. The predicted octanol–water partition coefficient (Wildman–Crippen LogP) is 2.94. The van der Waals surface area contributed by atoms with Gasteiger partial charge in [-0.05, 0) is 43.7 Å². The monoisotopic (exact) mass is 564 g/mol. The van der Waals surface area contributed by atoms with E-state index < -0.39 is 38.1 Å². The number of sulfonamides is 2. The Bertz CT molecular complexity index is 1400. The number of ether oxygens (including phenoxy) is 2. The third-order valence-corrected chi connectivity index (χ3v) is 10.3. The van der Waals surface area contributed by atoms with E-state index >= 15 is 0 Å². The minimum absolute atomic E-state index is 0.0344. The van der Waals surface area contributed by atoms with Crippen LogP contribution < -0.4 is 9.47 Å². The first-order chi connectivity index (χ1) is 17.9. The maximum atomic E-state index is 13.6. The molecule has 0 amide bonds. The van der Waals surface area contributed by atoms with Gasteiger partial charge in [-0.2, -0.15) is 8.61 Å². The van der Waals surface area contributed by atoms with E-state index in [0.29, 0.717) is 17.7 Å². The largest absolute Gasteiger partial charge is 0.497 e. The molecule has 0 radical (unpaired) electrons. The van der Waals surface area contributed by atoms with Crippen LogP contribution in [-0.2, 0) is 20.0 Å². The molecule has 9 nitrogen and oxygen atoms in total. The molecule has 1 aliphatic heterocycles. The molecule has 0 saturated carbocycles. The molecular formula is C27H36N2O7S2. The molecule has 1 heterocycles. The minimum Gasteiger partial charge on any atom is -0.497 e. The summed E-state index contributed by atoms with van der Waals surface area (Å²) in [7, 11) is -4.98. The maximum Gasteiger partial charge on any atom is 0.247 e. The van der Waals surface area contributed by atoms with Crippen molar-refractivity contribution in [3.63, 3.8) is 0 Å². The Hall–Kier alpha value is -2.62. The van der Waals surface area contributed by atoms with E-state index in [0.717, 1.165) is 6.42 Å². The SMILES string of the molecule is CCCC#Cc1ccc2c(c1)O[C@H](CN(C)S(=O)(=O)c1cccc(OC)c1)[C@H](C)CN([C@H](C)CO)S2(=O)=O. The van der Waals surface area contributed by atoms with E-state index in [4.69, 9.17) is 9.47 Å². The maximum absolute atomic E-state index is 13.6. The Labute approximate surface area is 226 Å². The lowest BCUT2D eigenvalue weighted by Gasteiger charge is -2.37. The third kappa shape index (κ3) is 6.50. The van der Waals surface area contributed by atoms with E-state index in [1.807, 2.05) is 6.92 Å². The van der Waals surface area contributed by atoms with Crippen molar-refractivity contribution >= 4 is 20.0 Å². The summed E-state index contributed by atoms with van der Waals surface area (Å²) >= 11 is 0. The fourth-order valence-corrected chi connectivity index (χ4v) is 7.15. The first-order valence-corrected chi connectivity index (χ1v) is 15.4. The van der Waals surface area contributed by atoms with Crippen LogP contribution >= 0.6 is 0 Å². The summed E-state index contributed by atoms with van der Waals surface area (Å²) in [6.45, 7) is 5.10. The van der Waals surface area contributed by atoms with Crippen LogP contribution in [0.3, 0.4) is 0 Å². The zero-order chi connectivity index (χ0) is 28.1. The van der Waals surface area contributed by atoms with Crippen LogP contribution in [0.5, 0.6) is 11.5 Å². The molecule has 0 unspecified atom stereocenters. The van der Waals surface area contributed by atoms with E-state index in [-0.39, 0.29) is 35.2 Å². The summed E-state index contributed by atoms with van der Waals surface area (Å²) in [6.07, 6.45) is 0.900. The summed E-state index contributed by atoms with van der Waals surface area (Å²) in [6, 6.07) is 10.2. The highest BCUT2D eigenvalue weighted by Crippen LogP contribution is 2.34. The number of nitrogens with zero attached hydrogens (tertiary/aromatic N) is 2. The lowest BCUT2D eigenvalue weighted by molar-refractivity contribution is 0.0904. The number of hydrogen-bond donors (Lipinski definition) is 1. The number of rotatable bonds is 8. The van der Waals surface area contributed by atoms with Crippen LogP contribution in [0.2, 0.25) is 0 Å². The Kier molecular flexibility index (Phi) is 9.84. The number of likely N-dealkylation sites (N-methyl/N-ethyl adjacent to an activating group) is 1. The smallest absolute Gasteiger partial charge is 0.247 e. The van der Waals surface area contributed by atoms with Crippen molar-refractivity contribution in [1.29, 1.82) is 0 Å². The topological polar surface area (TPSA) is 113 Å². The van der Waals surface area contributed by atoms with E-state index in [1.54, 1.807) is 38.1 Å². The Balaban J connectivity index is 2.04. The number of hydrogen-bond acceptors (Lipinski definition) is 7. The van der Waals surface area contributed by atoms with Gasteiger partial charge in [-0.1, -0.05) is 31.8 Å². The first-order valence-electron chi connectivity index (χ1n) is 12.5. The van der Waals surface area contributed by atoms with Crippen molar-refractivity contribution < 1.29 is 31.4 Å². The van der Waals surface area contributed by atoms with Crippen LogP contribution in [0.25, 0.3) is 0 Å². The highest BCUT2D eigenvalue weighted by atomic mass is 32.2. The van der Waals surface area contributed by atoms with Gasteiger partial charge < -0.3 is 14.6 Å². The summed E-state index contributed by atoms with van der Waals surface area (Å²) in [4.78, 5) is 0.0267. The van der Waals surface area contributed by atoms with Gasteiger partial charge in [-0.25, -0.2) is 16.8 Å². The fraction of sp³-hybridized carbons (Fsp3) is 0.481. The summed E-state index contributed by atoms with van der Waals surface area (Å²) < 4.78 is 67.8. The molecule has 208 valence electrons. The third-order valence-electron chi connectivity index (χ3n) is 6.46. The van der Waals surface area contributed by atoms with Crippen molar-refractivity contribution in [3.05, 3.63) is 48.0 Å². The van der Waals surface area contributed by atoms with Gasteiger partial charge in [-0.3, -0.25) is 0 Å².